The van der Waals surface area contributed by atoms with Crippen molar-refractivity contribution in [1.29, 1.82) is 5.26 Å². The summed E-state index contributed by atoms with van der Waals surface area (Å²) in [4.78, 5) is 19.0. The van der Waals surface area contributed by atoms with E-state index in [9.17, 15) is 13.2 Å². The van der Waals surface area contributed by atoms with E-state index in [0.717, 1.165) is 7.11 Å². The van der Waals surface area contributed by atoms with Crippen molar-refractivity contribution in [3.63, 3.8) is 0 Å². The number of urea groups is 1. The molecular formula is C13H16N4O5S. The van der Waals surface area contributed by atoms with E-state index in [2.05, 4.69) is 9.17 Å². The van der Waals surface area contributed by atoms with Crippen LogP contribution in [0.2, 0.25) is 0 Å². The van der Waals surface area contributed by atoms with Crippen LogP contribution in [-0.2, 0) is 14.3 Å². The standard InChI is InChI=1S/C13H16N4O5S/c1-16-10(8-23(19,20)22-3)7-17(13(16)18)12-4-11(21-2)9(5-14)6-15-12/h4,6,10H,7-8H2,1-3H3. The van der Waals surface area contributed by atoms with Crippen molar-refractivity contribution in [3.05, 3.63) is 17.8 Å². The lowest BCUT2D eigenvalue weighted by molar-refractivity contribution is 0.221. The fraction of sp³-hybridized carbons (Fsp3) is 0.462. The third-order valence-corrected chi connectivity index (χ3v) is 4.89. The molecule has 0 saturated carbocycles. The van der Waals surface area contributed by atoms with E-state index >= 15 is 0 Å². The van der Waals surface area contributed by atoms with Gasteiger partial charge >= 0.3 is 6.03 Å². The number of likely N-dealkylation sites (N-methyl/N-ethyl adjacent to an activating group) is 1. The zero-order valence-electron chi connectivity index (χ0n) is 12.9. The Morgan fingerprint density at radius 1 is 1.48 bits per heavy atom. The molecule has 2 amide bonds. The minimum Gasteiger partial charge on any atom is -0.495 e. The van der Waals surface area contributed by atoms with E-state index in [4.69, 9.17) is 10.00 Å². The molecule has 23 heavy (non-hydrogen) atoms. The number of aromatic nitrogens is 1. The van der Waals surface area contributed by atoms with Crippen LogP contribution in [0.4, 0.5) is 10.6 Å². The maximum absolute atomic E-state index is 12.3. The number of ether oxygens (including phenoxy) is 1. The minimum atomic E-state index is -3.70. The molecule has 0 bridgehead atoms. The third-order valence-electron chi connectivity index (χ3n) is 3.59. The number of nitrogens with zero attached hydrogens (tertiary/aromatic N) is 4. The first-order valence-corrected chi connectivity index (χ1v) is 8.17. The number of amides is 2. The van der Waals surface area contributed by atoms with Crippen LogP contribution in [0, 0.1) is 11.3 Å². The number of methoxy groups -OCH3 is 1. The average molecular weight is 340 g/mol. The molecule has 0 N–H and O–H groups in total. The van der Waals surface area contributed by atoms with Gasteiger partial charge in [0.1, 0.15) is 23.2 Å². The minimum absolute atomic E-state index is 0.139. The average Bonchev–Trinajstić information content (AvgIpc) is 2.82. The van der Waals surface area contributed by atoms with E-state index in [0.29, 0.717) is 5.75 Å². The van der Waals surface area contributed by atoms with Crippen LogP contribution >= 0.6 is 0 Å². The fourth-order valence-corrected chi connectivity index (χ4v) is 3.18. The van der Waals surface area contributed by atoms with Gasteiger partial charge in [-0.25, -0.2) is 9.78 Å². The molecule has 1 fully saturated rings. The quantitative estimate of drug-likeness (QED) is 0.702. The van der Waals surface area contributed by atoms with Crippen LogP contribution in [0.15, 0.2) is 12.3 Å². The molecular weight excluding hydrogens is 324 g/mol. The monoisotopic (exact) mass is 340 g/mol. The zero-order valence-corrected chi connectivity index (χ0v) is 13.7. The van der Waals surface area contributed by atoms with Crippen molar-refractivity contribution in [2.75, 3.05) is 38.5 Å². The Morgan fingerprint density at radius 2 is 2.17 bits per heavy atom. The molecule has 1 saturated heterocycles. The summed E-state index contributed by atoms with van der Waals surface area (Å²) >= 11 is 0. The molecule has 1 atom stereocenters. The van der Waals surface area contributed by atoms with E-state index in [-0.39, 0.29) is 29.7 Å². The SMILES string of the molecule is COc1cc(N2CC(CS(=O)(=O)OC)N(C)C2=O)ncc1C#N. The summed E-state index contributed by atoms with van der Waals surface area (Å²) in [6.07, 6.45) is 1.31. The van der Waals surface area contributed by atoms with Crippen molar-refractivity contribution < 1.29 is 22.1 Å². The summed E-state index contributed by atoms with van der Waals surface area (Å²) < 4.78 is 32.7. The Bertz CT molecular complexity index is 758. The molecule has 2 rings (SSSR count). The first-order chi connectivity index (χ1) is 10.8. The maximum atomic E-state index is 12.3. The molecule has 9 nitrogen and oxygen atoms in total. The molecule has 124 valence electrons. The summed E-state index contributed by atoms with van der Waals surface area (Å²) in [5.41, 5.74) is 0.245. The second kappa shape index (κ2) is 6.39. The predicted molar refractivity (Wildman–Crippen MR) is 80.6 cm³/mol. The number of hydrogen-bond acceptors (Lipinski definition) is 7. The number of carbonyl (C=O) groups excluding carboxylic acids is 1. The maximum Gasteiger partial charge on any atom is 0.325 e. The number of pyridine rings is 1. The second-order valence-electron chi connectivity index (χ2n) is 4.90. The van der Waals surface area contributed by atoms with Gasteiger partial charge in [0.2, 0.25) is 0 Å². The van der Waals surface area contributed by atoms with Gasteiger partial charge in [0, 0.05) is 13.1 Å². The molecule has 1 aromatic heterocycles. The highest BCUT2D eigenvalue weighted by atomic mass is 32.2. The first kappa shape index (κ1) is 17.0. The zero-order chi connectivity index (χ0) is 17.2. The third kappa shape index (κ3) is 3.35. The lowest BCUT2D eigenvalue weighted by atomic mass is 10.2. The molecule has 0 aromatic carbocycles. The van der Waals surface area contributed by atoms with Gasteiger partial charge in [0.25, 0.3) is 10.1 Å². The summed E-state index contributed by atoms with van der Waals surface area (Å²) in [7, 11) is 0.305. The smallest absolute Gasteiger partial charge is 0.325 e. The van der Waals surface area contributed by atoms with Crippen LogP contribution in [0.5, 0.6) is 5.75 Å². The molecule has 1 aliphatic rings. The highest BCUT2D eigenvalue weighted by molar-refractivity contribution is 7.86. The lowest BCUT2D eigenvalue weighted by Gasteiger charge is -2.16. The van der Waals surface area contributed by atoms with Crippen molar-refractivity contribution >= 4 is 22.0 Å². The molecule has 0 radical (unpaired) electrons. The molecule has 1 aliphatic heterocycles. The highest BCUT2D eigenvalue weighted by Gasteiger charge is 2.38. The van der Waals surface area contributed by atoms with Gasteiger partial charge < -0.3 is 9.64 Å². The summed E-state index contributed by atoms with van der Waals surface area (Å²) in [5.74, 6) is 0.270. The van der Waals surface area contributed by atoms with Crippen LogP contribution in [0.1, 0.15) is 5.56 Å². The van der Waals surface area contributed by atoms with E-state index in [1.54, 1.807) is 0 Å². The number of rotatable bonds is 5. The number of hydrogen-bond donors (Lipinski definition) is 0. The van der Waals surface area contributed by atoms with Gasteiger partial charge in [0.05, 0.1) is 38.8 Å². The Hall–Kier alpha value is -2.38. The van der Waals surface area contributed by atoms with Gasteiger partial charge in [-0.15, -0.1) is 0 Å². The van der Waals surface area contributed by atoms with Gasteiger partial charge in [-0.05, 0) is 0 Å². The lowest BCUT2D eigenvalue weighted by Crippen LogP contribution is -2.35. The largest absolute Gasteiger partial charge is 0.495 e. The van der Waals surface area contributed by atoms with Gasteiger partial charge in [-0.3, -0.25) is 9.08 Å². The topological polar surface area (TPSA) is 113 Å². The van der Waals surface area contributed by atoms with Crippen molar-refractivity contribution in [2.45, 2.75) is 6.04 Å². The van der Waals surface area contributed by atoms with E-state index < -0.39 is 16.2 Å². The molecule has 1 unspecified atom stereocenters. The van der Waals surface area contributed by atoms with Gasteiger partial charge in [-0.2, -0.15) is 13.7 Å². The van der Waals surface area contributed by atoms with Crippen LogP contribution in [0.3, 0.4) is 0 Å². The summed E-state index contributed by atoms with van der Waals surface area (Å²) in [5, 5.41) is 8.96. The normalized spacial score (nSPS) is 18.2. The fourth-order valence-electron chi connectivity index (χ4n) is 2.24. The Kier molecular flexibility index (Phi) is 4.72. The van der Waals surface area contributed by atoms with Crippen LogP contribution < -0.4 is 9.64 Å². The van der Waals surface area contributed by atoms with Gasteiger partial charge in [0.15, 0.2) is 0 Å². The number of nitriles is 1. The van der Waals surface area contributed by atoms with Crippen molar-refractivity contribution in [2.24, 2.45) is 0 Å². The summed E-state index contributed by atoms with van der Waals surface area (Å²) in [6.45, 7) is 0.139. The molecule has 1 aromatic rings. The Balaban J connectivity index is 2.28. The number of anilines is 1. The number of carbonyl (C=O) groups is 1. The molecule has 2 heterocycles. The Labute approximate surface area is 134 Å². The molecule has 0 spiro atoms. The van der Waals surface area contributed by atoms with Crippen LogP contribution in [-0.4, -0.2) is 63.9 Å². The predicted octanol–water partition coefficient (Wildman–Crippen LogP) is 0.178. The van der Waals surface area contributed by atoms with Crippen LogP contribution in [0.25, 0.3) is 0 Å². The first-order valence-electron chi connectivity index (χ1n) is 6.59. The molecule has 0 aliphatic carbocycles. The van der Waals surface area contributed by atoms with Crippen molar-refractivity contribution in [3.8, 4) is 11.8 Å². The summed E-state index contributed by atoms with van der Waals surface area (Å²) in [6, 6.07) is 2.46. The van der Waals surface area contributed by atoms with E-state index in [1.165, 1.54) is 36.2 Å². The van der Waals surface area contributed by atoms with Crippen molar-refractivity contribution in [1.82, 2.24) is 9.88 Å². The van der Waals surface area contributed by atoms with E-state index in [1.807, 2.05) is 6.07 Å². The second-order valence-corrected chi connectivity index (χ2v) is 6.69. The Morgan fingerprint density at radius 3 is 2.74 bits per heavy atom. The highest BCUT2D eigenvalue weighted by Crippen LogP contribution is 2.27. The molecule has 10 heteroatoms. The van der Waals surface area contributed by atoms with Gasteiger partial charge in [-0.1, -0.05) is 0 Å².